The summed E-state index contributed by atoms with van der Waals surface area (Å²) in [7, 11) is -0.124. The first-order chi connectivity index (χ1) is 11.2. The molecule has 0 aromatic carbocycles. The molecular formula is C19H34N2O2Si. The maximum atomic E-state index is 6.45. The Kier molecular flexibility index (Phi) is 6.45. The minimum Gasteiger partial charge on any atom is -0.531 e. The van der Waals surface area contributed by atoms with Crippen molar-refractivity contribution in [3.05, 3.63) is 23.4 Å². The van der Waals surface area contributed by atoms with Crippen molar-refractivity contribution in [3.63, 3.8) is 0 Å². The predicted octanol–water partition coefficient (Wildman–Crippen LogP) is 4.30. The van der Waals surface area contributed by atoms with Crippen LogP contribution in [0.5, 0.6) is 5.88 Å². The summed E-state index contributed by atoms with van der Waals surface area (Å²) in [4.78, 5) is 4.78. The first kappa shape index (κ1) is 19.4. The zero-order chi connectivity index (χ0) is 17.8. The molecule has 0 aliphatic heterocycles. The number of pyridine rings is 1. The first-order valence-electron chi connectivity index (χ1n) is 9.12. The lowest BCUT2D eigenvalue weighted by Crippen LogP contribution is -2.44. The molecule has 24 heavy (non-hydrogen) atoms. The summed E-state index contributed by atoms with van der Waals surface area (Å²) in [6.07, 6.45) is 4.53. The van der Waals surface area contributed by atoms with Gasteiger partial charge in [0.25, 0.3) is 8.32 Å². The Balaban J connectivity index is 2.13. The highest BCUT2D eigenvalue weighted by atomic mass is 28.4. The molecule has 0 bridgehead atoms. The van der Waals surface area contributed by atoms with Crippen molar-refractivity contribution >= 4 is 8.32 Å². The number of hydrogen-bond acceptors (Lipinski definition) is 4. The van der Waals surface area contributed by atoms with Crippen molar-refractivity contribution in [3.8, 4) is 5.88 Å². The van der Waals surface area contributed by atoms with E-state index in [1.165, 1.54) is 18.4 Å². The molecule has 1 fully saturated rings. The van der Waals surface area contributed by atoms with Crippen molar-refractivity contribution in [2.24, 2.45) is 0 Å². The van der Waals surface area contributed by atoms with Gasteiger partial charge in [-0.3, -0.25) is 0 Å². The average Bonchev–Trinajstić information content (AvgIpc) is 3.28. The van der Waals surface area contributed by atoms with Gasteiger partial charge in [-0.15, -0.1) is 0 Å². The molecule has 0 atom stereocenters. The molecule has 0 amide bonds. The minimum absolute atomic E-state index is 0.174. The zero-order valence-electron chi connectivity index (χ0n) is 16.2. The van der Waals surface area contributed by atoms with E-state index in [-0.39, 0.29) is 5.04 Å². The molecule has 4 nitrogen and oxygen atoms in total. The van der Waals surface area contributed by atoms with E-state index in [1.807, 2.05) is 0 Å². The standard InChI is InChI=1S/C19H34N2O2Si/c1-19(2,3)24(5,6)23-18-13-15(14-20-16-9-10-16)12-17(21-18)8-7-11-22-4/h12-13,16,20H,7-11,14H2,1-6H3. The Morgan fingerprint density at radius 3 is 2.54 bits per heavy atom. The number of aromatic nitrogens is 1. The van der Waals surface area contributed by atoms with E-state index in [0.29, 0.717) is 6.04 Å². The second kappa shape index (κ2) is 7.98. The summed E-state index contributed by atoms with van der Waals surface area (Å²) in [5.74, 6) is 0.795. The van der Waals surface area contributed by atoms with Gasteiger partial charge in [-0.1, -0.05) is 20.8 Å². The largest absolute Gasteiger partial charge is 0.531 e. The van der Waals surface area contributed by atoms with E-state index in [9.17, 15) is 0 Å². The Morgan fingerprint density at radius 1 is 1.25 bits per heavy atom. The van der Waals surface area contributed by atoms with Crippen LogP contribution in [0.15, 0.2) is 12.1 Å². The topological polar surface area (TPSA) is 43.4 Å². The van der Waals surface area contributed by atoms with Crippen molar-refractivity contribution in [1.82, 2.24) is 10.3 Å². The monoisotopic (exact) mass is 350 g/mol. The minimum atomic E-state index is -1.87. The molecule has 0 saturated heterocycles. The summed E-state index contributed by atoms with van der Waals surface area (Å²) in [6, 6.07) is 5.04. The molecule has 1 aliphatic carbocycles. The maximum Gasteiger partial charge on any atom is 0.252 e. The number of hydrogen-bond donors (Lipinski definition) is 1. The van der Waals surface area contributed by atoms with Crippen LogP contribution in [0.4, 0.5) is 0 Å². The van der Waals surface area contributed by atoms with E-state index < -0.39 is 8.32 Å². The second-order valence-corrected chi connectivity index (χ2v) is 13.1. The number of nitrogens with one attached hydrogen (secondary N) is 1. The lowest BCUT2D eigenvalue weighted by molar-refractivity contribution is 0.195. The molecule has 1 saturated carbocycles. The van der Waals surface area contributed by atoms with Gasteiger partial charge in [0.15, 0.2) is 5.88 Å². The average molecular weight is 351 g/mol. The van der Waals surface area contributed by atoms with Crippen molar-refractivity contribution in [2.45, 2.75) is 77.2 Å². The van der Waals surface area contributed by atoms with E-state index in [2.05, 4.69) is 51.3 Å². The Labute approximate surface area is 148 Å². The van der Waals surface area contributed by atoms with Gasteiger partial charge in [0.2, 0.25) is 0 Å². The van der Waals surface area contributed by atoms with Crippen LogP contribution >= 0.6 is 0 Å². The van der Waals surface area contributed by atoms with Crippen molar-refractivity contribution in [2.75, 3.05) is 13.7 Å². The fraction of sp³-hybridized carbons (Fsp3) is 0.737. The Bertz CT molecular complexity index is 537. The molecule has 1 aromatic rings. The predicted molar refractivity (Wildman–Crippen MR) is 102 cm³/mol. The molecule has 136 valence electrons. The van der Waals surface area contributed by atoms with Gasteiger partial charge in [0.1, 0.15) is 0 Å². The van der Waals surface area contributed by atoms with Crippen LogP contribution in [-0.4, -0.2) is 33.1 Å². The van der Waals surface area contributed by atoms with Gasteiger partial charge in [-0.25, -0.2) is 4.98 Å². The van der Waals surface area contributed by atoms with E-state index in [0.717, 1.165) is 37.6 Å². The molecule has 2 rings (SSSR count). The number of rotatable bonds is 9. The third-order valence-corrected chi connectivity index (χ3v) is 9.37. The highest BCUT2D eigenvalue weighted by Crippen LogP contribution is 2.37. The molecule has 1 N–H and O–H groups in total. The summed E-state index contributed by atoms with van der Waals surface area (Å²) >= 11 is 0. The SMILES string of the molecule is COCCCc1cc(CNC2CC2)cc(O[Si](C)(C)C(C)(C)C)n1. The fourth-order valence-corrected chi connectivity index (χ4v) is 3.20. The second-order valence-electron chi connectivity index (χ2n) is 8.42. The maximum absolute atomic E-state index is 6.45. The molecule has 1 aliphatic rings. The van der Waals surface area contributed by atoms with Crippen LogP contribution in [-0.2, 0) is 17.7 Å². The molecular weight excluding hydrogens is 316 g/mol. The van der Waals surface area contributed by atoms with Crippen LogP contribution in [0, 0.1) is 0 Å². The number of nitrogens with zero attached hydrogens (tertiary/aromatic N) is 1. The summed E-state index contributed by atoms with van der Waals surface area (Å²) in [5.41, 5.74) is 2.38. The van der Waals surface area contributed by atoms with Crippen molar-refractivity contribution < 1.29 is 9.16 Å². The molecule has 0 radical (unpaired) electrons. The molecule has 1 aromatic heterocycles. The van der Waals surface area contributed by atoms with Gasteiger partial charge in [0, 0.05) is 38.1 Å². The first-order valence-corrected chi connectivity index (χ1v) is 12.0. The van der Waals surface area contributed by atoms with Crippen LogP contribution < -0.4 is 9.74 Å². The zero-order valence-corrected chi connectivity index (χ0v) is 17.2. The fourth-order valence-electron chi connectivity index (χ4n) is 2.26. The van der Waals surface area contributed by atoms with E-state index in [4.69, 9.17) is 14.1 Å². The van der Waals surface area contributed by atoms with Gasteiger partial charge in [-0.05, 0) is 55.4 Å². The highest BCUT2D eigenvalue weighted by molar-refractivity contribution is 6.74. The van der Waals surface area contributed by atoms with Gasteiger partial charge < -0.3 is 14.5 Å². The molecule has 5 heteroatoms. The smallest absolute Gasteiger partial charge is 0.252 e. The normalized spacial score (nSPS) is 15.6. The quantitative estimate of drug-likeness (QED) is 0.533. The number of aryl methyl sites for hydroxylation is 1. The van der Waals surface area contributed by atoms with Crippen LogP contribution in [0.2, 0.25) is 18.1 Å². The number of methoxy groups -OCH3 is 1. The molecule has 0 unspecified atom stereocenters. The van der Waals surface area contributed by atoms with Gasteiger partial charge in [0.05, 0.1) is 0 Å². The van der Waals surface area contributed by atoms with E-state index >= 15 is 0 Å². The summed E-state index contributed by atoms with van der Waals surface area (Å²) < 4.78 is 11.6. The summed E-state index contributed by atoms with van der Waals surface area (Å²) in [5, 5.41) is 3.76. The van der Waals surface area contributed by atoms with Crippen molar-refractivity contribution in [1.29, 1.82) is 0 Å². The van der Waals surface area contributed by atoms with Crippen LogP contribution in [0.25, 0.3) is 0 Å². The Hall–Kier alpha value is -0.913. The Morgan fingerprint density at radius 2 is 1.96 bits per heavy atom. The van der Waals surface area contributed by atoms with Crippen LogP contribution in [0.1, 0.15) is 51.3 Å². The number of ether oxygens (including phenoxy) is 1. The van der Waals surface area contributed by atoms with Crippen LogP contribution in [0.3, 0.4) is 0 Å². The lowest BCUT2D eigenvalue weighted by Gasteiger charge is -2.36. The lowest BCUT2D eigenvalue weighted by atomic mass is 10.1. The molecule has 1 heterocycles. The van der Waals surface area contributed by atoms with E-state index in [1.54, 1.807) is 7.11 Å². The summed E-state index contributed by atoms with van der Waals surface area (Å²) in [6.45, 7) is 13.0. The van der Waals surface area contributed by atoms with Gasteiger partial charge in [-0.2, -0.15) is 0 Å². The third-order valence-electron chi connectivity index (χ3n) is 5.03. The molecule has 0 spiro atoms. The highest BCUT2D eigenvalue weighted by Gasteiger charge is 2.39. The van der Waals surface area contributed by atoms with Gasteiger partial charge >= 0.3 is 0 Å². The third kappa shape index (κ3) is 5.87.